The van der Waals surface area contributed by atoms with E-state index < -0.39 is 5.60 Å². The summed E-state index contributed by atoms with van der Waals surface area (Å²) in [5.74, 6) is 1.18. The first kappa shape index (κ1) is 15.1. The van der Waals surface area contributed by atoms with Crippen LogP contribution in [0.2, 0.25) is 0 Å². The van der Waals surface area contributed by atoms with E-state index in [0.717, 1.165) is 13.0 Å². The Labute approximate surface area is 108 Å². The van der Waals surface area contributed by atoms with Gasteiger partial charge in [-0.2, -0.15) is 4.98 Å². The van der Waals surface area contributed by atoms with Gasteiger partial charge in [0.1, 0.15) is 5.60 Å². The van der Waals surface area contributed by atoms with E-state index in [0.29, 0.717) is 31.5 Å². The predicted octanol–water partition coefficient (Wildman–Crippen LogP) is 1.47. The molecule has 104 valence electrons. The Morgan fingerprint density at radius 3 is 2.78 bits per heavy atom. The molecule has 0 fully saturated rings. The van der Waals surface area contributed by atoms with Crippen LogP contribution in [0.1, 0.15) is 38.9 Å². The summed E-state index contributed by atoms with van der Waals surface area (Å²) in [4.78, 5) is 4.36. The van der Waals surface area contributed by atoms with E-state index in [-0.39, 0.29) is 0 Å². The van der Waals surface area contributed by atoms with Gasteiger partial charge in [-0.1, -0.05) is 12.1 Å². The molecule has 1 rings (SSSR count). The minimum Gasteiger partial charge on any atom is -0.383 e. The van der Waals surface area contributed by atoms with Crippen LogP contribution in [0.5, 0.6) is 0 Å². The molecule has 0 bridgehead atoms. The average Bonchev–Trinajstić information content (AvgIpc) is 2.84. The van der Waals surface area contributed by atoms with Crippen molar-refractivity contribution in [2.45, 2.75) is 39.3 Å². The lowest BCUT2D eigenvalue weighted by atomic mass is 10.0. The fraction of sp³-hybridized carbons (Fsp3) is 0.833. The number of hydrogen-bond donors (Lipinski definition) is 1. The van der Waals surface area contributed by atoms with Crippen LogP contribution >= 0.6 is 0 Å². The van der Waals surface area contributed by atoms with Gasteiger partial charge >= 0.3 is 0 Å². The molecule has 18 heavy (non-hydrogen) atoms. The summed E-state index contributed by atoms with van der Waals surface area (Å²) in [5, 5.41) is 7.15. The largest absolute Gasteiger partial charge is 0.383 e. The van der Waals surface area contributed by atoms with Crippen LogP contribution in [-0.4, -0.2) is 37.0 Å². The Morgan fingerprint density at radius 1 is 1.39 bits per heavy atom. The summed E-state index contributed by atoms with van der Waals surface area (Å²) in [6, 6.07) is 0. The van der Waals surface area contributed by atoms with Crippen molar-refractivity contribution in [3.63, 3.8) is 0 Å². The molecule has 0 aliphatic carbocycles. The third kappa shape index (κ3) is 4.04. The predicted molar refractivity (Wildman–Crippen MR) is 67.1 cm³/mol. The van der Waals surface area contributed by atoms with Crippen molar-refractivity contribution < 1.29 is 14.0 Å². The quantitative estimate of drug-likeness (QED) is 0.676. The molecule has 0 radical (unpaired) electrons. The number of methoxy groups -OCH3 is 1. The number of rotatable bonds is 9. The van der Waals surface area contributed by atoms with Crippen LogP contribution in [0.3, 0.4) is 0 Å². The van der Waals surface area contributed by atoms with Crippen molar-refractivity contribution in [3.05, 3.63) is 11.7 Å². The molecule has 1 aromatic heterocycles. The number of hydrogen-bond acceptors (Lipinski definition) is 6. The summed E-state index contributed by atoms with van der Waals surface area (Å²) in [7, 11) is 1.67. The molecule has 6 heteroatoms. The third-order valence-corrected chi connectivity index (χ3v) is 2.84. The molecule has 1 N–H and O–H groups in total. The van der Waals surface area contributed by atoms with Crippen LogP contribution < -0.4 is 5.32 Å². The first-order chi connectivity index (χ1) is 8.66. The molecule has 0 aliphatic heterocycles. The van der Waals surface area contributed by atoms with Crippen molar-refractivity contribution in [1.82, 2.24) is 15.5 Å². The molecule has 0 aliphatic rings. The summed E-state index contributed by atoms with van der Waals surface area (Å²) in [5.41, 5.74) is -0.469. The van der Waals surface area contributed by atoms with Gasteiger partial charge in [-0.25, -0.2) is 0 Å². The first-order valence-corrected chi connectivity index (χ1v) is 6.33. The molecule has 0 saturated carbocycles. The number of nitrogens with one attached hydrogen (secondary N) is 1. The summed E-state index contributed by atoms with van der Waals surface area (Å²) in [6.45, 7) is 8.56. The highest BCUT2D eigenvalue weighted by Gasteiger charge is 2.30. The molecular formula is C12H23N3O3. The number of ether oxygens (including phenoxy) is 2. The second-order valence-corrected chi connectivity index (χ2v) is 4.20. The van der Waals surface area contributed by atoms with E-state index in [2.05, 4.69) is 15.5 Å². The first-order valence-electron chi connectivity index (χ1n) is 6.33. The molecule has 1 unspecified atom stereocenters. The van der Waals surface area contributed by atoms with E-state index in [1.54, 1.807) is 7.11 Å². The fourth-order valence-corrected chi connectivity index (χ4v) is 1.55. The SMILES string of the molecule is CCOC(C)(CC)c1noc(CNCCOC)n1. The average molecular weight is 257 g/mol. The maximum atomic E-state index is 5.70. The lowest BCUT2D eigenvalue weighted by Crippen LogP contribution is -2.26. The van der Waals surface area contributed by atoms with Crippen LogP contribution in [0.15, 0.2) is 4.52 Å². The minimum atomic E-state index is -0.469. The zero-order valence-corrected chi connectivity index (χ0v) is 11.7. The molecule has 1 aromatic rings. The van der Waals surface area contributed by atoms with Crippen molar-refractivity contribution >= 4 is 0 Å². The van der Waals surface area contributed by atoms with E-state index in [1.807, 2.05) is 20.8 Å². The van der Waals surface area contributed by atoms with Crippen molar-refractivity contribution in [2.24, 2.45) is 0 Å². The van der Waals surface area contributed by atoms with Crippen molar-refractivity contribution in [2.75, 3.05) is 26.9 Å². The molecule has 1 atom stereocenters. The zero-order chi connectivity index (χ0) is 13.4. The van der Waals surface area contributed by atoms with E-state index in [9.17, 15) is 0 Å². The highest BCUT2D eigenvalue weighted by molar-refractivity contribution is 4.99. The Morgan fingerprint density at radius 2 is 2.17 bits per heavy atom. The maximum absolute atomic E-state index is 5.70. The monoisotopic (exact) mass is 257 g/mol. The maximum Gasteiger partial charge on any atom is 0.240 e. The van der Waals surface area contributed by atoms with Crippen LogP contribution in [0.25, 0.3) is 0 Å². The fourth-order valence-electron chi connectivity index (χ4n) is 1.55. The van der Waals surface area contributed by atoms with Crippen LogP contribution in [0.4, 0.5) is 0 Å². The third-order valence-electron chi connectivity index (χ3n) is 2.84. The number of aromatic nitrogens is 2. The normalized spacial score (nSPS) is 14.7. The zero-order valence-electron chi connectivity index (χ0n) is 11.7. The molecule has 0 saturated heterocycles. The molecule has 0 aromatic carbocycles. The second-order valence-electron chi connectivity index (χ2n) is 4.20. The minimum absolute atomic E-state index is 0.469. The van der Waals surface area contributed by atoms with Gasteiger partial charge in [-0.15, -0.1) is 0 Å². The lowest BCUT2D eigenvalue weighted by molar-refractivity contribution is -0.0403. The lowest BCUT2D eigenvalue weighted by Gasteiger charge is -2.23. The molecule has 0 spiro atoms. The van der Waals surface area contributed by atoms with Gasteiger partial charge < -0.3 is 19.3 Å². The van der Waals surface area contributed by atoms with Gasteiger partial charge in [-0.05, 0) is 20.3 Å². The second kappa shape index (κ2) is 7.45. The Bertz CT molecular complexity index is 343. The molecule has 6 nitrogen and oxygen atoms in total. The Hall–Kier alpha value is -0.980. The highest BCUT2D eigenvalue weighted by Crippen LogP contribution is 2.26. The summed E-state index contributed by atoms with van der Waals surface area (Å²) in [6.07, 6.45) is 0.802. The molecule has 1 heterocycles. The van der Waals surface area contributed by atoms with Crippen LogP contribution in [-0.2, 0) is 21.6 Å². The smallest absolute Gasteiger partial charge is 0.240 e. The Balaban J connectivity index is 2.55. The number of nitrogens with zero attached hydrogens (tertiary/aromatic N) is 2. The highest BCUT2D eigenvalue weighted by atomic mass is 16.5. The topological polar surface area (TPSA) is 69.4 Å². The van der Waals surface area contributed by atoms with Gasteiger partial charge in [0.05, 0.1) is 13.2 Å². The van der Waals surface area contributed by atoms with Gasteiger partial charge in [0.2, 0.25) is 11.7 Å². The molecule has 0 amide bonds. The van der Waals surface area contributed by atoms with Crippen molar-refractivity contribution in [1.29, 1.82) is 0 Å². The van der Waals surface area contributed by atoms with Gasteiger partial charge in [-0.3, -0.25) is 0 Å². The van der Waals surface area contributed by atoms with E-state index in [4.69, 9.17) is 14.0 Å². The molecular weight excluding hydrogens is 234 g/mol. The Kier molecular flexibility index (Phi) is 6.24. The summed E-state index contributed by atoms with van der Waals surface area (Å²) < 4.78 is 15.8. The van der Waals surface area contributed by atoms with Crippen LogP contribution in [0, 0.1) is 0 Å². The standard InChI is InChI=1S/C12H23N3O3/c1-5-12(3,17-6-2)11-14-10(18-15-11)9-13-7-8-16-4/h13H,5-9H2,1-4H3. The van der Waals surface area contributed by atoms with Gasteiger partial charge in [0, 0.05) is 20.3 Å². The van der Waals surface area contributed by atoms with E-state index in [1.165, 1.54) is 0 Å². The van der Waals surface area contributed by atoms with Crippen molar-refractivity contribution in [3.8, 4) is 0 Å². The van der Waals surface area contributed by atoms with E-state index >= 15 is 0 Å². The van der Waals surface area contributed by atoms with Gasteiger partial charge in [0.25, 0.3) is 0 Å². The summed E-state index contributed by atoms with van der Waals surface area (Å²) >= 11 is 0. The van der Waals surface area contributed by atoms with Gasteiger partial charge in [0.15, 0.2) is 0 Å².